The van der Waals surface area contributed by atoms with Crippen molar-refractivity contribution in [1.29, 1.82) is 0 Å². The zero-order valence-electron chi connectivity index (χ0n) is 13.9. The summed E-state index contributed by atoms with van der Waals surface area (Å²) < 4.78 is 9.93. The SMILES string of the molecule is CCOC(=O)c1nccc(NCCNC(=O)OCc2ccccc2)n1. The average molecular weight is 344 g/mol. The molecule has 0 atom stereocenters. The summed E-state index contributed by atoms with van der Waals surface area (Å²) in [5.74, 6) is -0.117. The molecular formula is C17H20N4O4. The van der Waals surface area contributed by atoms with Crippen molar-refractivity contribution in [3.8, 4) is 0 Å². The van der Waals surface area contributed by atoms with Gasteiger partial charge in [-0.3, -0.25) is 0 Å². The molecule has 0 spiro atoms. The number of ether oxygens (including phenoxy) is 2. The number of carbonyl (C=O) groups excluding carboxylic acids is 2. The van der Waals surface area contributed by atoms with Gasteiger partial charge in [0.25, 0.3) is 0 Å². The van der Waals surface area contributed by atoms with E-state index in [4.69, 9.17) is 9.47 Å². The van der Waals surface area contributed by atoms with E-state index in [2.05, 4.69) is 20.6 Å². The molecule has 0 saturated carbocycles. The third-order valence-corrected chi connectivity index (χ3v) is 3.03. The van der Waals surface area contributed by atoms with E-state index < -0.39 is 12.1 Å². The highest BCUT2D eigenvalue weighted by Crippen LogP contribution is 2.03. The van der Waals surface area contributed by atoms with Crippen molar-refractivity contribution in [2.24, 2.45) is 0 Å². The maximum absolute atomic E-state index is 11.6. The van der Waals surface area contributed by atoms with Crippen molar-refractivity contribution in [3.05, 3.63) is 54.0 Å². The summed E-state index contributed by atoms with van der Waals surface area (Å²) in [6.45, 7) is 2.94. The van der Waals surface area contributed by atoms with Crippen molar-refractivity contribution in [3.63, 3.8) is 0 Å². The van der Waals surface area contributed by atoms with Gasteiger partial charge in [-0.25, -0.2) is 19.6 Å². The fraction of sp³-hybridized carbons (Fsp3) is 0.294. The van der Waals surface area contributed by atoms with Crippen LogP contribution in [0, 0.1) is 0 Å². The van der Waals surface area contributed by atoms with E-state index in [9.17, 15) is 9.59 Å². The van der Waals surface area contributed by atoms with E-state index in [-0.39, 0.29) is 19.0 Å². The Hall–Kier alpha value is -3.16. The first kappa shape index (κ1) is 18.2. The van der Waals surface area contributed by atoms with Gasteiger partial charge in [-0.1, -0.05) is 30.3 Å². The Kier molecular flexibility index (Phi) is 7.17. The molecule has 0 bridgehead atoms. The Morgan fingerprint density at radius 1 is 1.08 bits per heavy atom. The number of nitrogens with one attached hydrogen (secondary N) is 2. The van der Waals surface area contributed by atoms with Crippen LogP contribution in [0.3, 0.4) is 0 Å². The van der Waals surface area contributed by atoms with Gasteiger partial charge in [-0.15, -0.1) is 0 Å². The number of esters is 1. The summed E-state index contributed by atoms with van der Waals surface area (Å²) in [5, 5.41) is 5.60. The number of alkyl carbamates (subject to hydrolysis) is 1. The maximum atomic E-state index is 11.6. The molecule has 1 aromatic heterocycles. The van der Waals surface area contributed by atoms with Crippen molar-refractivity contribution in [1.82, 2.24) is 15.3 Å². The third-order valence-electron chi connectivity index (χ3n) is 3.03. The van der Waals surface area contributed by atoms with E-state index in [1.807, 2.05) is 30.3 Å². The molecule has 8 nitrogen and oxygen atoms in total. The Morgan fingerprint density at radius 2 is 1.88 bits per heavy atom. The lowest BCUT2D eigenvalue weighted by Crippen LogP contribution is -2.29. The summed E-state index contributed by atoms with van der Waals surface area (Å²) in [4.78, 5) is 31.0. The lowest BCUT2D eigenvalue weighted by molar-refractivity contribution is 0.0512. The van der Waals surface area contributed by atoms with Gasteiger partial charge in [-0.2, -0.15) is 0 Å². The summed E-state index contributed by atoms with van der Waals surface area (Å²) in [6.07, 6.45) is 0.962. The van der Waals surface area contributed by atoms with Gasteiger partial charge in [0, 0.05) is 19.3 Å². The van der Waals surface area contributed by atoms with E-state index in [0.717, 1.165) is 5.56 Å². The standard InChI is InChI=1S/C17H20N4O4/c1-2-24-16(22)15-19-9-8-14(21-15)18-10-11-20-17(23)25-12-13-6-4-3-5-7-13/h3-9H,2,10-12H2,1H3,(H,20,23)(H,18,19,21). The highest BCUT2D eigenvalue weighted by Gasteiger charge is 2.10. The second-order valence-corrected chi connectivity index (χ2v) is 4.90. The maximum Gasteiger partial charge on any atom is 0.407 e. The predicted octanol–water partition coefficient (Wildman–Crippen LogP) is 1.99. The van der Waals surface area contributed by atoms with Crippen LogP contribution in [0.15, 0.2) is 42.6 Å². The van der Waals surface area contributed by atoms with Gasteiger partial charge in [-0.05, 0) is 18.6 Å². The second-order valence-electron chi connectivity index (χ2n) is 4.90. The minimum atomic E-state index is -0.575. The van der Waals surface area contributed by atoms with Crippen LogP contribution in [-0.4, -0.2) is 41.7 Å². The molecule has 0 aliphatic carbocycles. The van der Waals surface area contributed by atoms with Crippen molar-refractivity contribution in [2.45, 2.75) is 13.5 Å². The highest BCUT2D eigenvalue weighted by molar-refractivity contribution is 5.85. The molecule has 1 amide bonds. The zero-order chi connectivity index (χ0) is 17.9. The van der Waals surface area contributed by atoms with Gasteiger partial charge >= 0.3 is 12.1 Å². The molecule has 0 fully saturated rings. The van der Waals surface area contributed by atoms with Crippen LogP contribution in [-0.2, 0) is 16.1 Å². The first-order valence-electron chi connectivity index (χ1n) is 7.87. The molecule has 0 aliphatic rings. The number of aromatic nitrogens is 2. The van der Waals surface area contributed by atoms with Crippen LogP contribution in [0.25, 0.3) is 0 Å². The monoisotopic (exact) mass is 344 g/mol. The largest absolute Gasteiger partial charge is 0.460 e. The molecule has 2 aromatic rings. The number of anilines is 1. The first-order chi connectivity index (χ1) is 12.2. The topological polar surface area (TPSA) is 102 Å². The molecule has 0 unspecified atom stereocenters. The molecule has 0 radical (unpaired) electrons. The van der Waals surface area contributed by atoms with Crippen molar-refractivity contribution >= 4 is 17.9 Å². The van der Waals surface area contributed by atoms with Gasteiger partial charge in [0.05, 0.1) is 6.61 Å². The van der Waals surface area contributed by atoms with E-state index in [1.54, 1.807) is 13.0 Å². The number of benzene rings is 1. The van der Waals surface area contributed by atoms with E-state index in [0.29, 0.717) is 18.9 Å². The lowest BCUT2D eigenvalue weighted by atomic mass is 10.2. The Morgan fingerprint density at radius 3 is 2.64 bits per heavy atom. The lowest BCUT2D eigenvalue weighted by Gasteiger charge is -2.09. The number of carbonyl (C=O) groups is 2. The molecule has 2 N–H and O–H groups in total. The second kappa shape index (κ2) is 9.86. The van der Waals surface area contributed by atoms with Crippen LogP contribution in [0.1, 0.15) is 23.1 Å². The van der Waals surface area contributed by atoms with E-state index >= 15 is 0 Å². The molecular weight excluding hydrogens is 324 g/mol. The molecule has 0 aliphatic heterocycles. The quantitative estimate of drug-likeness (QED) is 0.557. The molecule has 25 heavy (non-hydrogen) atoms. The Balaban J connectivity index is 1.68. The smallest absolute Gasteiger partial charge is 0.407 e. The van der Waals surface area contributed by atoms with Gasteiger partial charge in [0.1, 0.15) is 12.4 Å². The summed E-state index contributed by atoms with van der Waals surface area (Å²) in [6, 6.07) is 11.0. The molecule has 132 valence electrons. The predicted molar refractivity (Wildman–Crippen MR) is 91.1 cm³/mol. The zero-order valence-corrected chi connectivity index (χ0v) is 13.9. The number of amides is 1. The molecule has 1 heterocycles. The number of hydrogen-bond donors (Lipinski definition) is 2. The van der Waals surface area contributed by atoms with Crippen LogP contribution >= 0.6 is 0 Å². The summed E-state index contributed by atoms with van der Waals surface area (Å²) >= 11 is 0. The number of hydrogen-bond acceptors (Lipinski definition) is 7. The van der Waals surface area contributed by atoms with Gasteiger partial charge < -0.3 is 20.1 Å². The molecule has 1 aromatic carbocycles. The van der Waals surface area contributed by atoms with Crippen molar-refractivity contribution < 1.29 is 19.1 Å². The van der Waals surface area contributed by atoms with Gasteiger partial charge in [0.15, 0.2) is 0 Å². The van der Waals surface area contributed by atoms with Crippen molar-refractivity contribution in [2.75, 3.05) is 25.0 Å². The van der Waals surface area contributed by atoms with E-state index in [1.165, 1.54) is 6.20 Å². The average Bonchev–Trinajstić information content (AvgIpc) is 2.65. The Labute approximate surface area is 145 Å². The summed E-state index contributed by atoms with van der Waals surface area (Å²) in [7, 11) is 0. The van der Waals surface area contributed by atoms with Crippen LogP contribution in [0.2, 0.25) is 0 Å². The normalized spacial score (nSPS) is 9.96. The third kappa shape index (κ3) is 6.46. The number of nitrogens with zero attached hydrogens (tertiary/aromatic N) is 2. The van der Waals surface area contributed by atoms with Crippen LogP contribution in [0.4, 0.5) is 10.6 Å². The first-order valence-corrected chi connectivity index (χ1v) is 7.87. The molecule has 2 rings (SSSR count). The fourth-order valence-electron chi connectivity index (χ4n) is 1.88. The summed E-state index contributed by atoms with van der Waals surface area (Å²) in [5.41, 5.74) is 0.920. The van der Waals surface area contributed by atoms with Crippen LogP contribution in [0.5, 0.6) is 0 Å². The minimum absolute atomic E-state index is 0.0120. The minimum Gasteiger partial charge on any atom is -0.460 e. The van der Waals surface area contributed by atoms with Gasteiger partial charge in [0.2, 0.25) is 5.82 Å². The highest BCUT2D eigenvalue weighted by atomic mass is 16.5. The number of rotatable bonds is 8. The Bertz CT molecular complexity index is 694. The van der Waals surface area contributed by atoms with Crippen LogP contribution < -0.4 is 10.6 Å². The molecule has 0 saturated heterocycles. The fourth-order valence-corrected chi connectivity index (χ4v) is 1.88. The molecule has 8 heteroatoms.